The predicted molar refractivity (Wildman–Crippen MR) is 91.2 cm³/mol. The van der Waals surface area contributed by atoms with E-state index in [0.717, 1.165) is 32.1 Å². The molecule has 1 aromatic heterocycles. The minimum atomic E-state index is -5.08. The summed E-state index contributed by atoms with van der Waals surface area (Å²) in [6.45, 7) is 3.90. The first kappa shape index (κ1) is 20.5. The fourth-order valence-corrected chi connectivity index (χ4v) is 3.44. The van der Waals surface area contributed by atoms with Crippen LogP contribution in [0.4, 0.5) is 13.2 Å². The van der Waals surface area contributed by atoms with Gasteiger partial charge in [-0.3, -0.25) is 14.7 Å². The van der Waals surface area contributed by atoms with Gasteiger partial charge < -0.3 is 14.7 Å². The number of morpholine rings is 1. The number of halogens is 3. The first-order chi connectivity index (χ1) is 13.2. The van der Waals surface area contributed by atoms with Gasteiger partial charge in [0.05, 0.1) is 12.1 Å². The summed E-state index contributed by atoms with van der Waals surface area (Å²) < 4.78 is 37.5. The molecule has 2 saturated heterocycles. The van der Waals surface area contributed by atoms with E-state index in [4.69, 9.17) is 14.6 Å². The molecule has 0 unspecified atom stereocenters. The number of carbonyl (C=O) groups excluding carboxylic acids is 1. The molecule has 0 bridgehead atoms. The van der Waals surface area contributed by atoms with Crippen LogP contribution in [-0.2, 0) is 20.9 Å². The third-order valence-corrected chi connectivity index (χ3v) is 4.98. The van der Waals surface area contributed by atoms with Gasteiger partial charge in [0.1, 0.15) is 6.61 Å². The monoisotopic (exact) mass is 401 g/mol. The number of hydrogen-bond donors (Lipinski definition) is 1. The van der Waals surface area contributed by atoms with Crippen LogP contribution in [0.25, 0.3) is 0 Å². The summed E-state index contributed by atoms with van der Waals surface area (Å²) in [5.41, 5.74) is 1.22. The Hall–Kier alpha value is -2.20. The topological polar surface area (TPSA) is 83.0 Å². The third-order valence-electron chi connectivity index (χ3n) is 4.98. The maximum atomic E-state index is 12.1. The molecule has 2 atom stereocenters. The van der Waals surface area contributed by atoms with Gasteiger partial charge in [0.25, 0.3) is 0 Å². The average Bonchev–Trinajstić information content (AvgIpc) is 3.36. The van der Waals surface area contributed by atoms with Crippen molar-refractivity contribution in [1.29, 1.82) is 0 Å². The highest BCUT2D eigenvalue weighted by molar-refractivity contribution is 5.78. The molecule has 3 aliphatic rings. The number of nitrogens with zero attached hydrogens (tertiary/aromatic N) is 3. The first-order valence-corrected chi connectivity index (χ1v) is 9.06. The Bertz CT molecular complexity index is 697. The summed E-state index contributed by atoms with van der Waals surface area (Å²) in [5, 5.41) is 7.12. The number of ether oxygens (including phenoxy) is 1. The second-order valence-corrected chi connectivity index (χ2v) is 7.26. The third kappa shape index (κ3) is 5.41. The number of carboxylic acid groups (broad SMARTS) is 1. The standard InChI is InChI=1S/C16H21N3O2.C2HF3O2/c20-16-11-21-15-10-18(7-13-2-1-5-17-6-13)9-14(15)19(16)8-12-3-4-12;3-2(4,5)1(6)7/h1-2,5-6,12,14-15H,3-4,7-11H2;(H,6,7)/t14-,15-;/m1./s1. The van der Waals surface area contributed by atoms with Crippen LogP contribution >= 0.6 is 0 Å². The van der Waals surface area contributed by atoms with Crippen molar-refractivity contribution in [2.75, 3.05) is 26.2 Å². The second kappa shape index (κ2) is 8.44. The Kier molecular flexibility index (Phi) is 6.19. The van der Waals surface area contributed by atoms with E-state index in [2.05, 4.69) is 20.9 Å². The van der Waals surface area contributed by atoms with E-state index in [-0.39, 0.29) is 24.7 Å². The van der Waals surface area contributed by atoms with Gasteiger partial charge in [-0.05, 0) is 30.4 Å². The van der Waals surface area contributed by atoms with E-state index in [1.54, 1.807) is 6.20 Å². The summed E-state index contributed by atoms with van der Waals surface area (Å²) in [7, 11) is 0. The highest BCUT2D eigenvalue weighted by Crippen LogP contribution is 2.33. The molecule has 2 aliphatic heterocycles. The number of likely N-dealkylation sites (tertiary alicyclic amines) is 1. The maximum Gasteiger partial charge on any atom is 0.490 e. The maximum absolute atomic E-state index is 12.1. The lowest BCUT2D eigenvalue weighted by Gasteiger charge is -2.36. The molecular formula is C18H22F3N3O4. The molecule has 7 nitrogen and oxygen atoms in total. The van der Waals surface area contributed by atoms with Gasteiger partial charge in [0.2, 0.25) is 5.91 Å². The lowest BCUT2D eigenvalue weighted by molar-refractivity contribution is -0.192. The summed E-state index contributed by atoms with van der Waals surface area (Å²) in [4.78, 5) is 29.7. The molecule has 10 heteroatoms. The summed E-state index contributed by atoms with van der Waals surface area (Å²) in [6.07, 6.45) is 1.36. The average molecular weight is 401 g/mol. The zero-order valence-corrected chi connectivity index (χ0v) is 15.1. The lowest BCUT2D eigenvalue weighted by Crippen LogP contribution is -2.54. The zero-order chi connectivity index (χ0) is 20.3. The van der Waals surface area contributed by atoms with Crippen LogP contribution in [-0.4, -0.2) is 76.3 Å². The normalized spacial score (nSPS) is 25.1. The van der Waals surface area contributed by atoms with Crippen LogP contribution in [0.1, 0.15) is 18.4 Å². The molecule has 1 saturated carbocycles. The molecule has 3 fully saturated rings. The van der Waals surface area contributed by atoms with Crippen LogP contribution in [0.15, 0.2) is 24.5 Å². The van der Waals surface area contributed by atoms with Crippen molar-refractivity contribution in [3.05, 3.63) is 30.1 Å². The van der Waals surface area contributed by atoms with Crippen molar-refractivity contribution < 1.29 is 32.6 Å². The number of alkyl halides is 3. The van der Waals surface area contributed by atoms with Crippen molar-refractivity contribution in [2.45, 2.75) is 37.7 Å². The van der Waals surface area contributed by atoms with Crippen molar-refractivity contribution in [2.24, 2.45) is 5.92 Å². The molecule has 0 spiro atoms. The highest BCUT2D eigenvalue weighted by Gasteiger charge is 2.44. The predicted octanol–water partition coefficient (Wildman–Crippen LogP) is 1.54. The molecule has 1 aromatic rings. The Balaban J connectivity index is 0.000000279. The molecule has 1 amide bonds. The number of amides is 1. The number of fused-ring (bicyclic) bond motifs is 1. The van der Waals surface area contributed by atoms with Crippen LogP contribution in [0.5, 0.6) is 0 Å². The van der Waals surface area contributed by atoms with Gasteiger partial charge in [-0.2, -0.15) is 13.2 Å². The van der Waals surface area contributed by atoms with Gasteiger partial charge in [-0.15, -0.1) is 0 Å². The second-order valence-electron chi connectivity index (χ2n) is 7.26. The molecule has 28 heavy (non-hydrogen) atoms. The van der Waals surface area contributed by atoms with Crippen molar-refractivity contribution in [1.82, 2.24) is 14.8 Å². The highest BCUT2D eigenvalue weighted by atomic mass is 19.4. The SMILES string of the molecule is O=C(O)C(F)(F)F.O=C1CO[C@@H]2CN(Cc3cccnc3)C[C@H]2N1CC1CC1. The molecule has 0 radical (unpaired) electrons. The van der Waals surface area contributed by atoms with Crippen molar-refractivity contribution >= 4 is 11.9 Å². The van der Waals surface area contributed by atoms with Crippen LogP contribution < -0.4 is 0 Å². The Morgan fingerprint density at radius 3 is 2.61 bits per heavy atom. The number of carboxylic acids is 1. The minimum Gasteiger partial charge on any atom is -0.475 e. The number of aromatic nitrogens is 1. The van der Waals surface area contributed by atoms with Crippen LogP contribution in [0.2, 0.25) is 0 Å². The molecule has 3 heterocycles. The summed E-state index contributed by atoms with van der Waals surface area (Å²) in [6, 6.07) is 4.31. The molecule has 1 N–H and O–H groups in total. The van der Waals surface area contributed by atoms with E-state index in [1.165, 1.54) is 18.4 Å². The van der Waals surface area contributed by atoms with Crippen molar-refractivity contribution in [3.63, 3.8) is 0 Å². The Morgan fingerprint density at radius 1 is 1.32 bits per heavy atom. The molecule has 0 aromatic carbocycles. The van der Waals surface area contributed by atoms with Crippen molar-refractivity contribution in [3.8, 4) is 0 Å². The smallest absolute Gasteiger partial charge is 0.475 e. The lowest BCUT2D eigenvalue weighted by atomic mass is 10.1. The van der Waals surface area contributed by atoms with Crippen LogP contribution in [0, 0.1) is 5.92 Å². The van der Waals surface area contributed by atoms with E-state index in [9.17, 15) is 18.0 Å². The summed E-state index contributed by atoms with van der Waals surface area (Å²) >= 11 is 0. The number of hydrogen-bond acceptors (Lipinski definition) is 5. The number of rotatable bonds is 4. The van der Waals surface area contributed by atoms with Gasteiger partial charge in [0, 0.05) is 38.6 Å². The van der Waals surface area contributed by atoms with E-state index < -0.39 is 12.1 Å². The minimum absolute atomic E-state index is 0.173. The summed E-state index contributed by atoms with van der Waals surface area (Å²) in [5.74, 6) is -1.85. The fourth-order valence-electron chi connectivity index (χ4n) is 3.44. The number of carbonyl (C=O) groups is 2. The first-order valence-electron chi connectivity index (χ1n) is 9.06. The van der Waals surface area contributed by atoms with E-state index in [1.807, 2.05) is 12.3 Å². The largest absolute Gasteiger partial charge is 0.490 e. The molecule has 154 valence electrons. The zero-order valence-electron chi connectivity index (χ0n) is 15.1. The van der Waals surface area contributed by atoms with Gasteiger partial charge in [0.15, 0.2) is 0 Å². The molecule has 1 aliphatic carbocycles. The molecule has 4 rings (SSSR count). The van der Waals surface area contributed by atoms with E-state index in [0.29, 0.717) is 0 Å². The van der Waals surface area contributed by atoms with Gasteiger partial charge in [-0.25, -0.2) is 4.79 Å². The van der Waals surface area contributed by atoms with Gasteiger partial charge in [-0.1, -0.05) is 6.07 Å². The van der Waals surface area contributed by atoms with Gasteiger partial charge >= 0.3 is 12.1 Å². The molecular weight excluding hydrogens is 379 g/mol. The fraction of sp³-hybridized carbons (Fsp3) is 0.611. The number of aliphatic carboxylic acids is 1. The Morgan fingerprint density at radius 2 is 2.04 bits per heavy atom. The Labute approximate surface area is 160 Å². The quantitative estimate of drug-likeness (QED) is 0.824. The van der Waals surface area contributed by atoms with Crippen LogP contribution in [0.3, 0.4) is 0 Å². The number of pyridine rings is 1. The van der Waals surface area contributed by atoms with E-state index >= 15 is 0 Å².